The monoisotopic (exact) mass is 158 g/mol. The molecule has 0 heterocycles. The van der Waals surface area contributed by atoms with Crippen molar-refractivity contribution in [3.05, 3.63) is 14.2 Å². The number of hydrogen-bond donors (Lipinski definition) is 0. The predicted molar refractivity (Wildman–Crippen MR) is 40.5 cm³/mol. The first kappa shape index (κ1) is 10.9. The standard InChI is InChI=1S/C8H14O3/c1-5-11-8(2,6-9-3)7-10-4/h3-4H,5-7H2,1-2H3. The van der Waals surface area contributed by atoms with Crippen molar-refractivity contribution in [2.24, 2.45) is 0 Å². The van der Waals surface area contributed by atoms with Crippen molar-refractivity contribution in [3.63, 3.8) is 0 Å². The third-order valence-corrected chi connectivity index (χ3v) is 1.27. The number of rotatable bonds is 6. The van der Waals surface area contributed by atoms with E-state index in [0.29, 0.717) is 6.61 Å². The van der Waals surface area contributed by atoms with E-state index in [9.17, 15) is 0 Å². The van der Waals surface area contributed by atoms with E-state index >= 15 is 0 Å². The Bertz CT molecular complexity index is 76.3. The lowest BCUT2D eigenvalue weighted by Gasteiger charge is -2.27. The van der Waals surface area contributed by atoms with E-state index in [1.807, 2.05) is 13.8 Å². The average Bonchev–Trinajstić information content (AvgIpc) is 1.88. The Morgan fingerprint density at radius 3 is 1.91 bits per heavy atom. The van der Waals surface area contributed by atoms with Crippen LogP contribution in [0.4, 0.5) is 0 Å². The molecule has 0 aliphatic carbocycles. The van der Waals surface area contributed by atoms with Crippen LogP contribution in [0, 0.1) is 14.2 Å². The maximum absolute atomic E-state index is 5.30. The van der Waals surface area contributed by atoms with Crippen molar-refractivity contribution in [1.82, 2.24) is 0 Å². The van der Waals surface area contributed by atoms with Crippen LogP contribution in [0.15, 0.2) is 0 Å². The third-order valence-electron chi connectivity index (χ3n) is 1.27. The Balaban J connectivity index is 3.79. The van der Waals surface area contributed by atoms with Crippen LogP contribution in [-0.4, -0.2) is 25.4 Å². The molecule has 0 bridgehead atoms. The van der Waals surface area contributed by atoms with Crippen LogP contribution in [-0.2, 0) is 14.2 Å². The van der Waals surface area contributed by atoms with Gasteiger partial charge in [-0.25, -0.2) is 0 Å². The van der Waals surface area contributed by atoms with Gasteiger partial charge in [-0.2, -0.15) is 0 Å². The second-order valence-corrected chi connectivity index (χ2v) is 2.50. The summed E-state index contributed by atoms with van der Waals surface area (Å²) < 4.78 is 14.2. The SMILES string of the molecule is [CH]OCC(C)(CO[CH])OCC. The van der Waals surface area contributed by atoms with Crippen LogP contribution < -0.4 is 0 Å². The average molecular weight is 158 g/mol. The van der Waals surface area contributed by atoms with Crippen LogP contribution in [0.3, 0.4) is 0 Å². The topological polar surface area (TPSA) is 27.7 Å². The minimum absolute atomic E-state index is 0.262. The molecule has 0 N–H and O–H groups in total. The van der Waals surface area contributed by atoms with Crippen LogP contribution >= 0.6 is 0 Å². The molecular weight excluding hydrogens is 144 g/mol. The van der Waals surface area contributed by atoms with Gasteiger partial charge < -0.3 is 14.2 Å². The molecule has 0 aromatic rings. The minimum atomic E-state index is -0.543. The van der Waals surface area contributed by atoms with Gasteiger partial charge in [0.25, 0.3) is 0 Å². The third kappa shape index (κ3) is 4.35. The van der Waals surface area contributed by atoms with Crippen molar-refractivity contribution in [2.75, 3.05) is 19.8 Å². The zero-order valence-corrected chi connectivity index (χ0v) is 7.00. The van der Waals surface area contributed by atoms with Crippen LogP contribution in [0.1, 0.15) is 13.8 Å². The zero-order chi connectivity index (χ0) is 8.74. The molecule has 3 nitrogen and oxygen atoms in total. The van der Waals surface area contributed by atoms with Crippen LogP contribution in [0.2, 0.25) is 0 Å². The predicted octanol–water partition coefficient (Wildman–Crippen LogP) is 1.15. The lowest BCUT2D eigenvalue weighted by molar-refractivity contribution is -0.0980. The van der Waals surface area contributed by atoms with Gasteiger partial charge in [-0.15, -0.1) is 0 Å². The maximum atomic E-state index is 5.30. The highest BCUT2D eigenvalue weighted by Gasteiger charge is 2.24. The van der Waals surface area contributed by atoms with Gasteiger partial charge >= 0.3 is 0 Å². The van der Waals surface area contributed by atoms with Gasteiger partial charge in [-0.1, -0.05) is 0 Å². The van der Waals surface area contributed by atoms with Gasteiger partial charge in [-0.05, 0) is 13.8 Å². The minimum Gasteiger partial charge on any atom is -0.371 e. The first-order chi connectivity index (χ1) is 5.18. The van der Waals surface area contributed by atoms with Crippen molar-refractivity contribution >= 4 is 0 Å². The number of ether oxygens (including phenoxy) is 3. The molecule has 0 saturated heterocycles. The van der Waals surface area contributed by atoms with Gasteiger partial charge in [-0.3, -0.25) is 0 Å². The fourth-order valence-corrected chi connectivity index (χ4v) is 0.826. The quantitative estimate of drug-likeness (QED) is 0.580. The van der Waals surface area contributed by atoms with Crippen molar-refractivity contribution in [1.29, 1.82) is 0 Å². The summed E-state index contributed by atoms with van der Waals surface area (Å²) in [5.74, 6) is 0. The molecule has 0 aliphatic rings. The first-order valence-corrected chi connectivity index (χ1v) is 3.46. The molecule has 0 saturated carbocycles. The normalized spacial score (nSPS) is 12.0. The first-order valence-electron chi connectivity index (χ1n) is 3.46. The van der Waals surface area contributed by atoms with E-state index in [-0.39, 0.29) is 13.2 Å². The Morgan fingerprint density at radius 2 is 1.64 bits per heavy atom. The molecular formula is C8H14O3. The number of hydrogen-bond acceptors (Lipinski definition) is 3. The van der Waals surface area contributed by atoms with Crippen molar-refractivity contribution in [3.8, 4) is 0 Å². The van der Waals surface area contributed by atoms with Crippen molar-refractivity contribution < 1.29 is 14.2 Å². The van der Waals surface area contributed by atoms with Crippen LogP contribution in [0.25, 0.3) is 0 Å². The molecule has 0 amide bonds. The molecule has 0 aromatic carbocycles. The van der Waals surface area contributed by atoms with E-state index < -0.39 is 5.60 Å². The summed E-state index contributed by atoms with van der Waals surface area (Å²) >= 11 is 0. The fourth-order valence-electron chi connectivity index (χ4n) is 0.826. The van der Waals surface area contributed by atoms with Gasteiger partial charge in [0, 0.05) is 6.61 Å². The Hall–Kier alpha value is -0.120. The Labute approximate surface area is 68.6 Å². The maximum Gasteiger partial charge on any atom is 0.115 e. The molecule has 64 valence electrons. The van der Waals surface area contributed by atoms with E-state index in [1.54, 1.807) is 0 Å². The highest BCUT2D eigenvalue weighted by atomic mass is 16.6. The lowest BCUT2D eigenvalue weighted by atomic mass is 10.1. The van der Waals surface area contributed by atoms with Gasteiger partial charge in [0.05, 0.1) is 13.2 Å². The van der Waals surface area contributed by atoms with E-state index in [1.165, 1.54) is 0 Å². The van der Waals surface area contributed by atoms with E-state index in [4.69, 9.17) is 19.0 Å². The fraction of sp³-hybridized carbons (Fsp3) is 0.750. The molecule has 11 heavy (non-hydrogen) atoms. The van der Waals surface area contributed by atoms with Crippen molar-refractivity contribution in [2.45, 2.75) is 19.4 Å². The summed E-state index contributed by atoms with van der Waals surface area (Å²) in [5, 5.41) is 0. The Kier molecular flexibility index (Phi) is 5.46. The van der Waals surface area contributed by atoms with Gasteiger partial charge in [0.15, 0.2) is 0 Å². The second kappa shape index (κ2) is 5.52. The molecule has 0 rings (SSSR count). The molecule has 0 atom stereocenters. The summed E-state index contributed by atoms with van der Waals surface area (Å²) in [6, 6.07) is 0. The highest BCUT2D eigenvalue weighted by molar-refractivity contribution is 4.74. The largest absolute Gasteiger partial charge is 0.371 e. The summed E-state index contributed by atoms with van der Waals surface area (Å²) in [5.41, 5.74) is -0.543. The smallest absolute Gasteiger partial charge is 0.115 e. The second-order valence-electron chi connectivity index (χ2n) is 2.50. The highest BCUT2D eigenvalue weighted by Crippen LogP contribution is 2.11. The summed E-state index contributed by atoms with van der Waals surface area (Å²) in [6.07, 6.45) is 0. The molecule has 0 unspecified atom stereocenters. The summed E-state index contributed by atoms with van der Waals surface area (Å²) in [7, 11) is 9.80. The molecule has 0 spiro atoms. The van der Waals surface area contributed by atoms with E-state index in [0.717, 1.165) is 0 Å². The Morgan fingerprint density at radius 1 is 1.18 bits per heavy atom. The molecule has 4 radical (unpaired) electrons. The lowest BCUT2D eigenvalue weighted by Crippen LogP contribution is -2.38. The molecule has 0 fully saturated rings. The van der Waals surface area contributed by atoms with Crippen LogP contribution in [0.5, 0.6) is 0 Å². The van der Waals surface area contributed by atoms with Gasteiger partial charge in [0.2, 0.25) is 0 Å². The summed E-state index contributed by atoms with van der Waals surface area (Å²) in [4.78, 5) is 0. The van der Waals surface area contributed by atoms with Gasteiger partial charge in [0.1, 0.15) is 19.8 Å². The zero-order valence-electron chi connectivity index (χ0n) is 7.00. The van der Waals surface area contributed by atoms with E-state index in [2.05, 4.69) is 9.47 Å². The summed E-state index contributed by atoms with van der Waals surface area (Å²) in [6.45, 7) is 4.79. The molecule has 0 aromatic heterocycles. The molecule has 0 aliphatic heterocycles. The molecule has 3 heteroatoms.